The van der Waals surface area contributed by atoms with E-state index in [2.05, 4.69) is 20.5 Å². The molecule has 130 valence electrons. The van der Waals surface area contributed by atoms with Crippen LogP contribution in [0.4, 0.5) is 0 Å². The normalized spacial score (nSPS) is 20.0. The summed E-state index contributed by atoms with van der Waals surface area (Å²) in [4.78, 5) is 16.8. The van der Waals surface area contributed by atoms with Crippen LogP contribution in [0.25, 0.3) is 5.65 Å². The number of hydrogen-bond acceptors (Lipinski definition) is 6. The number of ether oxygens (including phenoxy) is 2. The number of carbonyl (C=O) groups excluding carboxylic acids is 1. The number of aryl methyl sites for hydroxylation is 1. The fourth-order valence-corrected chi connectivity index (χ4v) is 2.79. The fraction of sp³-hybridized carbons (Fsp3) is 0.375. The molecule has 1 N–H and O–H groups in total. The summed E-state index contributed by atoms with van der Waals surface area (Å²) in [5.74, 6) is 0.416. The van der Waals surface area contributed by atoms with Crippen molar-refractivity contribution in [3.05, 3.63) is 42.6 Å². The van der Waals surface area contributed by atoms with Crippen LogP contribution in [0.3, 0.4) is 0 Å². The summed E-state index contributed by atoms with van der Waals surface area (Å²) >= 11 is 0. The number of nitrogens with one attached hydrogen (secondary N) is 1. The van der Waals surface area contributed by atoms with Crippen LogP contribution in [0.5, 0.6) is 5.75 Å². The van der Waals surface area contributed by atoms with Crippen LogP contribution in [0.15, 0.2) is 36.9 Å². The Morgan fingerprint density at radius 1 is 1.36 bits per heavy atom. The summed E-state index contributed by atoms with van der Waals surface area (Å²) in [7, 11) is 0. The van der Waals surface area contributed by atoms with Crippen molar-refractivity contribution < 1.29 is 14.3 Å². The summed E-state index contributed by atoms with van der Waals surface area (Å²) in [6, 6.07) is 3.12. The number of nitrogens with zero attached hydrogens (tertiary/aromatic N) is 5. The van der Waals surface area contributed by atoms with Crippen LogP contribution in [-0.4, -0.2) is 55.6 Å². The Balaban J connectivity index is 1.47. The van der Waals surface area contributed by atoms with Gasteiger partial charge in [0.05, 0.1) is 37.8 Å². The molecule has 3 aromatic heterocycles. The second kappa shape index (κ2) is 6.52. The lowest BCUT2D eigenvalue weighted by Crippen LogP contribution is -2.45. The predicted molar refractivity (Wildman–Crippen MR) is 87.4 cm³/mol. The average Bonchev–Trinajstić information content (AvgIpc) is 3.35. The Kier molecular flexibility index (Phi) is 4.06. The van der Waals surface area contributed by atoms with Gasteiger partial charge >= 0.3 is 0 Å². The highest BCUT2D eigenvalue weighted by Crippen LogP contribution is 2.17. The molecular weight excluding hydrogens is 324 g/mol. The Morgan fingerprint density at radius 3 is 3.12 bits per heavy atom. The molecule has 0 unspecified atom stereocenters. The lowest BCUT2D eigenvalue weighted by molar-refractivity contribution is 0.0896. The third-order valence-corrected chi connectivity index (χ3v) is 4.09. The standard InChI is InChI=1S/C16H18N6O3/c1-2-21-8-11(7-19-21)25-14-10-24-9-12(14)20-16(23)13-3-5-17-15-4-6-18-22(13)15/h3-8,12,14H,2,9-10H2,1H3,(H,20,23)/t12-,14+/m0/s1. The van der Waals surface area contributed by atoms with E-state index in [0.29, 0.717) is 30.3 Å². The monoisotopic (exact) mass is 342 g/mol. The van der Waals surface area contributed by atoms with E-state index in [0.717, 1.165) is 6.54 Å². The third kappa shape index (κ3) is 3.05. The molecule has 3 aromatic rings. The Bertz CT molecular complexity index is 889. The van der Waals surface area contributed by atoms with Crippen molar-refractivity contribution in [2.24, 2.45) is 0 Å². The maximum Gasteiger partial charge on any atom is 0.270 e. The van der Waals surface area contributed by atoms with Crippen molar-refractivity contribution in [3.63, 3.8) is 0 Å². The molecule has 9 heteroatoms. The first-order chi connectivity index (χ1) is 12.2. The van der Waals surface area contributed by atoms with E-state index in [1.165, 1.54) is 4.52 Å². The van der Waals surface area contributed by atoms with Gasteiger partial charge in [-0.15, -0.1) is 0 Å². The molecule has 9 nitrogen and oxygen atoms in total. The number of hydrogen-bond donors (Lipinski definition) is 1. The SMILES string of the molecule is CCn1cc(O[C@@H]2COC[C@@H]2NC(=O)c2ccnc3ccnn23)cn1. The molecule has 25 heavy (non-hydrogen) atoms. The van der Waals surface area contributed by atoms with Crippen molar-refractivity contribution in [1.82, 2.24) is 29.7 Å². The van der Waals surface area contributed by atoms with E-state index >= 15 is 0 Å². The van der Waals surface area contributed by atoms with Gasteiger partial charge in [0.1, 0.15) is 11.8 Å². The lowest BCUT2D eigenvalue weighted by Gasteiger charge is -2.19. The van der Waals surface area contributed by atoms with Gasteiger partial charge in [0.25, 0.3) is 5.91 Å². The molecule has 0 bridgehead atoms. The van der Waals surface area contributed by atoms with Crippen LogP contribution >= 0.6 is 0 Å². The van der Waals surface area contributed by atoms with Gasteiger partial charge in [0.15, 0.2) is 11.4 Å². The topological polar surface area (TPSA) is 95.6 Å². The van der Waals surface area contributed by atoms with E-state index in [9.17, 15) is 4.79 Å². The van der Waals surface area contributed by atoms with Crippen molar-refractivity contribution in [2.75, 3.05) is 13.2 Å². The summed E-state index contributed by atoms with van der Waals surface area (Å²) in [6.45, 7) is 3.58. The van der Waals surface area contributed by atoms with Crippen molar-refractivity contribution in [1.29, 1.82) is 0 Å². The second-order valence-electron chi connectivity index (χ2n) is 5.74. The number of aromatic nitrogens is 5. The molecule has 0 spiro atoms. The minimum atomic E-state index is -0.270. The summed E-state index contributed by atoms with van der Waals surface area (Å²) in [6.07, 6.45) is 6.41. The number of fused-ring (bicyclic) bond motifs is 1. The fourth-order valence-electron chi connectivity index (χ4n) is 2.79. The molecule has 0 radical (unpaired) electrons. The summed E-state index contributed by atoms with van der Waals surface area (Å²) in [5, 5.41) is 11.3. The average molecular weight is 342 g/mol. The van der Waals surface area contributed by atoms with Crippen LogP contribution in [-0.2, 0) is 11.3 Å². The van der Waals surface area contributed by atoms with E-state index < -0.39 is 0 Å². The van der Waals surface area contributed by atoms with E-state index in [-0.39, 0.29) is 18.1 Å². The highest BCUT2D eigenvalue weighted by molar-refractivity contribution is 5.93. The van der Waals surface area contributed by atoms with Crippen LogP contribution in [0.1, 0.15) is 17.4 Å². The Morgan fingerprint density at radius 2 is 2.28 bits per heavy atom. The first kappa shape index (κ1) is 15.6. The molecule has 0 saturated carbocycles. The molecule has 1 fully saturated rings. The zero-order valence-electron chi connectivity index (χ0n) is 13.7. The van der Waals surface area contributed by atoms with Gasteiger partial charge in [-0.25, -0.2) is 9.50 Å². The van der Waals surface area contributed by atoms with Gasteiger partial charge < -0.3 is 14.8 Å². The zero-order chi connectivity index (χ0) is 17.2. The lowest BCUT2D eigenvalue weighted by atomic mass is 10.2. The Hall–Kier alpha value is -2.94. The van der Waals surface area contributed by atoms with Crippen molar-refractivity contribution in [2.45, 2.75) is 25.6 Å². The van der Waals surface area contributed by atoms with E-state index in [4.69, 9.17) is 9.47 Å². The van der Waals surface area contributed by atoms with E-state index in [1.54, 1.807) is 35.4 Å². The smallest absolute Gasteiger partial charge is 0.270 e. The number of rotatable bonds is 5. The minimum absolute atomic E-state index is 0.246. The molecule has 1 aliphatic heterocycles. The van der Waals surface area contributed by atoms with Crippen LogP contribution in [0.2, 0.25) is 0 Å². The molecular formula is C16H18N6O3. The molecule has 4 rings (SSSR count). The zero-order valence-corrected chi connectivity index (χ0v) is 13.7. The van der Waals surface area contributed by atoms with Gasteiger partial charge in [0, 0.05) is 18.8 Å². The van der Waals surface area contributed by atoms with Gasteiger partial charge in [0.2, 0.25) is 0 Å². The molecule has 1 saturated heterocycles. The summed E-state index contributed by atoms with van der Waals surface area (Å²) < 4.78 is 14.7. The maximum absolute atomic E-state index is 12.6. The minimum Gasteiger partial charge on any atom is -0.482 e. The largest absolute Gasteiger partial charge is 0.482 e. The quantitative estimate of drug-likeness (QED) is 0.726. The van der Waals surface area contributed by atoms with Crippen molar-refractivity contribution >= 4 is 11.6 Å². The molecule has 1 amide bonds. The van der Waals surface area contributed by atoms with Gasteiger partial charge in [-0.2, -0.15) is 10.2 Å². The highest BCUT2D eigenvalue weighted by atomic mass is 16.5. The molecule has 0 aromatic carbocycles. The van der Waals surface area contributed by atoms with Crippen LogP contribution < -0.4 is 10.1 Å². The molecule has 4 heterocycles. The van der Waals surface area contributed by atoms with Gasteiger partial charge in [-0.1, -0.05) is 0 Å². The van der Waals surface area contributed by atoms with Crippen LogP contribution in [0, 0.1) is 0 Å². The second-order valence-corrected chi connectivity index (χ2v) is 5.74. The number of carbonyl (C=O) groups is 1. The first-order valence-electron chi connectivity index (χ1n) is 8.11. The molecule has 0 aliphatic carbocycles. The Labute approximate surface area is 143 Å². The van der Waals surface area contributed by atoms with Gasteiger partial charge in [-0.05, 0) is 13.0 Å². The third-order valence-electron chi connectivity index (χ3n) is 4.09. The maximum atomic E-state index is 12.6. The number of amides is 1. The summed E-state index contributed by atoms with van der Waals surface area (Å²) in [5.41, 5.74) is 1.04. The highest BCUT2D eigenvalue weighted by Gasteiger charge is 2.32. The molecule has 2 atom stereocenters. The van der Waals surface area contributed by atoms with Crippen molar-refractivity contribution in [3.8, 4) is 5.75 Å². The van der Waals surface area contributed by atoms with Gasteiger partial charge in [-0.3, -0.25) is 9.48 Å². The first-order valence-corrected chi connectivity index (χ1v) is 8.11. The van der Waals surface area contributed by atoms with E-state index in [1.807, 2.05) is 13.1 Å². The predicted octanol–water partition coefficient (Wildman–Crippen LogP) is 0.522. The molecule has 1 aliphatic rings.